The molecular formula is C27H25NO5. The highest BCUT2D eigenvalue weighted by molar-refractivity contribution is 6.07. The molecule has 4 aromatic rings. The number of benzene rings is 3. The number of ether oxygens (including phenoxy) is 2. The first kappa shape index (κ1) is 21.4. The van der Waals surface area contributed by atoms with E-state index < -0.39 is 11.6 Å². The Hall–Kier alpha value is -3.48. The van der Waals surface area contributed by atoms with E-state index in [9.17, 15) is 9.59 Å². The normalized spacial score (nSPS) is 14.6. The lowest BCUT2D eigenvalue weighted by atomic mass is 10.0. The summed E-state index contributed by atoms with van der Waals surface area (Å²) in [7, 11) is 0. The summed E-state index contributed by atoms with van der Waals surface area (Å²) in [6.07, 6.45) is 0. The molecule has 33 heavy (non-hydrogen) atoms. The van der Waals surface area contributed by atoms with Crippen LogP contribution in [0, 0.1) is 13.8 Å². The minimum atomic E-state index is -0.720. The molecule has 1 fully saturated rings. The molecule has 0 unspecified atom stereocenters. The molecule has 0 amide bonds. The van der Waals surface area contributed by atoms with Gasteiger partial charge < -0.3 is 13.9 Å². The summed E-state index contributed by atoms with van der Waals surface area (Å²) in [4.78, 5) is 27.9. The van der Waals surface area contributed by atoms with Crippen LogP contribution >= 0.6 is 0 Å². The fourth-order valence-electron chi connectivity index (χ4n) is 4.30. The Kier molecular flexibility index (Phi) is 5.70. The van der Waals surface area contributed by atoms with Crippen LogP contribution in [0.4, 0.5) is 0 Å². The Balaban J connectivity index is 1.44. The number of fused-ring (bicyclic) bond motifs is 3. The molecule has 0 radical (unpaired) electrons. The molecule has 1 aliphatic rings. The summed E-state index contributed by atoms with van der Waals surface area (Å²) in [6, 6.07) is 16.9. The van der Waals surface area contributed by atoms with E-state index in [1.807, 2.05) is 56.3 Å². The summed E-state index contributed by atoms with van der Waals surface area (Å²) in [5.74, 6) is -0.275. The summed E-state index contributed by atoms with van der Waals surface area (Å²) in [5.41, 5.74) is 2.68. The zero-order valence-electron chi connectivity index (χ0n) is 18.7. The van der Waals surface area contributed by atoms with Gasteiger partial charge in [-0.3, -0.25) is 4.90 Å². The molecule has 5 rings (SSSR count). The second-order valence-electron chi connectivity index (χ2n) is 8.47. The van der Waals surface area contributed by atoms with Crippen molar-refractivity contribution < 1.29 is 18.7 Å². The molecule has 0 N–H and O–H groups in total. The fourth-order valence-corrected chi connectivity index (χ4v) is 4.30. The third kappa shape index (κ3) is 4.27. The minimum absolute atomic E-state index is 0.117. The van der Waals surface area contributed by atoms with Gasteiger partial charge in [0.1, 0.15) is 16.9 Å². The maximum absolute atomic E-state index is 13.0. The average molecular weight is 443 g/mol. The predicted molar refractivity (Wildman–Crippen MR) is 127 cm³/mol. The molecule has 2 heterocycles. The summed E-state index contributed by atoms with van der Waals surface area (Å²) < 4.78 is 16.5. The Morgan fingerprint density at radius 1 is 0.970 bits per heavy atom. The molecule has 168 valence electrons. The quantitative estimate of drug-likeness (QED) is 0.199. The van der Waals surface area contributed by atoms with E-state index in [0.717, 1.165) is 54.7 Å². The zero-order chi connectivity index (χ0) is 22.9. The Morgan fingerprint density at radius 3 is 2.58 bits per heavy atom. The molecule has 0 atom stereocenters. The number of carbonyl (C=O) groups excluding carboxylic acids is 1. The van der Waals surface area contributed by atoms with Crippen LogP contribution in [0.1, 0.15) is 27.0 Å². The highest BCUT2D eigenvalue weighted by atomic mass is 16.5. The second kappa shape index (κ2) is 8.81. The van der Waals surface area contributed by atoms with Gasteiger partial charge in [-0.15, -0.1) is 0 Å². The highest BCUT2D eigenvalue weighted by Crippen LogP contribution is 2.27. The van der Waals surface area contributed by atoms with Crippen LogP contribution < -0.4 is 10.4 Å². The molecular weight excluding hydrogens is 418 g/mol. The van der Waals surface area contributed by atoms with Crippen LogP contribution in [0.5, 0.6) is 5.75 Å². The van der Waals surface area contributed by atoms with Gasteiger partial charge in [0.25, 0.3) is 0 Å². The van der Waals surface area contributed by atoms with Crippen molar-refractivity contribution in [1.29, 1.82) is 0 Å². The molecule has 0 aliphatic carbocycles. The third-order valence-electron chi connectivity index (χ3n) is 6.20. The maximum atomic E-state index is 13.0. The Morgan fingerprint density at radius 2 is 1.76 bits per heavy atom. The summed E-state index contributed by atoms with van der Waals surface area (Å²) >= 11 is 0. The van der Waals surface area contributed by atoms with Gasteiger partial charge in [-0.05, 0) is 59.5 Å². The van der Waals surface area contributed by atoms with Crippen molar-refractivity contribution >= 4 is 27.7 Å². The Labute approximate surface area is 191 Å². The summed E-state index contributed by atoms with van der Waals surface area (Å²) in [5, 5.41) is 2.61. The molecule has 0 saturated carbocycles. The van der Waals surface area contributed by atoms with Crippen molar-refractivity contribution in [3.05, 3.63) is 87.3 Å². The van der Waals surface area contributed by atoms with Gasteiger partial charge in [-0.1, -0.05) is 36.4 Å². The van der Waals surface area contributed by atoms with E-state index in [0.29, 0.717) is 16.7 Å². The van der Waals surface area contributed by atoms with Crippen LogP contribution in [0.25, 0.3) is 21.7 Å². The first-order valence-corrected chi connectivity index (χ1v) is 11.1. The number of aryl methyl sites for hydroxylation is 2. The lowest BCUT2D eigenvalue weighted by Crippen LogP contribution is -2.35. The number of nitrogens with zero attached hydrogens (tertiary/aromatic N) is 1. The van der Waals surface area contributed by atoms with Gasteiger partial charge in [0, 0.05) is 25.0 Å². The molecule has 1 aromatic heterocycles. The van der Waals surface area contributed by atoms with Crippen molar-refractivity contribution in [2.45, 2.75) is 20.4 Å². The van der Waals surface area contributed by atoms with Gasteiger partial charge in [0.2, 0.25) is 0 Å². The van der Waals surface area contributed by atoms with Crippen LogP contribution in [-0.4, -0.2) is 37.2 Å². The lowest BCUT2D eigenvalue weighted by molar-refractivity contribution is 0.0341. The molecule has 0 spiro atoms. The van der Waals surface area contributed by atoms with Gasteiger partial charge >= 0.3 is 11.6 Å². The van der Waals surface area contributed by atoms with Crippen molar-refractivity contribution in [1.82, 2.24) is 4.90 Å². The van der Waals surface area contributed by atoms with Crippen LogP contribution in [0.2, 0.25) is 0 Å². The van der Waals surface area contributed by atoms with Crippen molar-refractivity contribution in [3.63, 3.8) is 0 Å². The fraction of sp³-hybridized carbons (Fsp3) is 0.259. The molecule has 6 nitrogen and oxygen atoms in total. The molecule has 3 aromatic carbocycles. The average Bonchev–Trinajstić information content (AvgIpc) is 2.82. The van der Waals surface area contributed by atoms with Gasteiger partial charge in [-0.2, -0.15) is 0 Å². The largest absolute Gasteiger partial charge is 0.422 e. The first-order valence-electron chi connectivity index (χ1n) is 11.1. The van der Waals surface area contributed by atoms with E-state index in [1.165, 1.54) is 5.56 Å². The smallest absolute Gasteiger partial charge is 0.351 e. The van der Waals surface area contributed by atoms with Crippen molar-refractivity contribution in [2.75, 3.05) is 26.3 Å². The number of rotatable bonds is 4. The van der Waals surface area contributed by atoms with Gasteiger partial charge in [0.05, 0.1) is 13.2 Å². The first-order chi connectivity index (χ1) is 16.0. The van der Waals surface area contributed by atoms with E-state index >= 15 is 0 Å². The lowest BCUT2D eigenvalue weighted by Gasteiger charge is -2.27. The standard InChI is InChI=1S/C27H25NO5/c1-17-14-25(18(2)13-20(17)16-28-9-11-31-12-10-28)33-27(30)23-15-22-21-6-4-3-5-19(21)7-8-24(22)32-26(23)29/h3-8,13-15H,9-12,16H2,1-2H3. The van der Waals surface area contributed by atoms with Crippen molar-refractivity contribution in [2.24, 2.45) is 0 Å². The highest BCUT2D eigenvalue weighted by Gasteiger charge is 2.19. The SMILES string of the molecule is Cc1cc(OC(=O)c2cc3c(ccc4ccccc43)oc2=O)c(C)cc1CN1CCOCC1. The van der Waals surface area contributed by atoms with E-state index in [4.69, 9.17) is 13.9 Å². The molecule has 6 heteroatoms. The third-order valence-corrected chi connectivity index (χ3v) is 6.20. The molecule has 0 bridgehead atoms. The monoisotopic (exact) mass is 443 g/mol. The van der Waals surface area contributed by atoms with Crippen molar-refractivity contribution in [3.8, 4) is 5.75 Å². The zero-order valence-corrected chi connectivity index (χ0v) is 18.7. The van der Waals surface area contributed by atoms with Crippen LogP contribution in [0.15, 0.2) is 63.8 Å². The number of hydrogen-bond donors (Lipinski definition) is 0. The van der Waals surface area contributed by atoms with Crippen LogP contribution in [-0.2, 0) is 11.3 Å². The number of esters is 1. The molecule has 1 aliphatic heterocycles. The topological polar surface area (TPSA) is 69.0 Å². The predicted octanol–water partition coefficient (Wildman–Crippen LogP) is 4.61. The van der Waals surface area contributed by atoms with Gasteiger partial charge in [0.15, 0.2) is 0 Å². The van der Waals surface area contributed by atoms with E-state index in [-0.39, 0.29) is 5.56 Å². The maximum Gasteiger partial charge on any atom is 0.351 e. The van der Waals surface area contributed by atoms with E-state index in [1.54, 1.807) is 12.1 Å². The summed E-state index contributed by atoms with van der Waals surface area (Å²) in [6.45, 7) is 8.04. The second-order valence-corrected chi connectivity index (χ2v) is 8.47. The Bertz CT molecular complexity index is 1420. The van der Waals surface area contributed by atoms with Gasteiger partial charge in [-0.25, -0.2) is 9.59 Å². The minimum Gasteiger partial charge on any atom is -0.422 e. The number of hydrogen-bond acceptors (Lipinski definition) is 6. The van der Waals surface area contributed by atoms with Crippen LogP contribution in [0.3, 0.4) is 0 Å². The molecule has 1 saturated heterocycles. The number of carbonyl (C=O) groups is 1. The van der Waals surface area contributed by atoms with E-state index in [2.05, 4.69) is 4.90 Å². The number of morpholine rings is 1.